The van der Waals surface area contributed by atoms with Gasteiger partial charge in [0.15, 0.2) is 11.0 Å². The molecule has 0 aliphatic heterocycles. The second-order valence-electron chi connectivity index (χ2n) is 6.17. The Morgan fingerprint density at radius 1 is 0.852 bits per heavy atom. The number of rotatable bonds is 5. The van der Waals surface area contributed by atoms with Crippen LogP contribution in [0.25, 0.3) is 17.1 Å². The first-order valence-corrected chi connectivity index (χ1v) is 10.0. The van der Waals surface area contributed by atoms with Crippen molar-refractivity contribution in [1.82, 2.24) is 14.8 Å². The van der Waals surface area contributed by atoms with E-state index in [0.29, 0.717) is 0 Å². The van der Waals surface area contributed by atoms with Crippen molar-refractivity contribution in [1.29, 1.82) is 0 Å². The number of hydrogen-bond acceptors (Lipinski definition) is 3. The highest BCUT2D eigenvalue weighted by Gasteiger charge is 2.17. The number of benzene rings is 3. The van der Waals surface area contributed by atoms with E-state index in [9.17, 15) is 0 Å². The normalized spacial score (nSPS) is 10.9. The molecule has 134 valence electrons. The molecule has 0 bridgehead atoms. The van der Waals surface area contributed by atoms with Crippen LogP contribution in [-0.2, 0) is 5.75 Å². The average Bonchev–Trinajstić information content (AvgIpc) is 3.12. The summed E-state index contributed by atoms with van der Waals surface area (Å²) in [7, 11) is 0. The first kappa shape index (κ1) is 17.8. The third kappa shape index (κ3) is 3.77. The van der Waals surface area contributed by atoms with Crippen LogP contribution < -0.4 is 0 Å². The summed E-state index contributed by atoms with van der Waals surface area (Å²) in [5.41, 5.74) is 4.38. The molecule has 5 heteroatoms. The van der Waals surface area contributed by atoms with Gasteiger partial charge in [-0.25, -0.2) is 0 Å². The van der Waals surface area contributed by atoms with Crippen LogP contribution in [0.5, 0.6) is 0 Å². The molecule has 27 heavy (non-hydrogen) atoms. The average molecular weight is 392 g/mol. The molecule has 0 N–H and O–H groups in total. The van der Waals surface area contributed by atoms with Crippen LogP contribution in [0, 0.1) is 6.92 Å². The molecular weight excluding hydrogens is 374 g/mol. The van der Waals surface area contributed by atoms with Gasteiger partial charge < -0.3 is 0 Å². The molecule has 1 aromatic heterocycles. The van der Waals surface area contributed by atoms with Crippen molar-refractivity contribution in [3.63, 3.8) is 0 Å². The predicted octanol–water partition coefficient (Wildman–Crippen LogP) is 6.19. The molecule has 0 saturated heterocycles. The van der Waals surface area contributed by atoms with Gasteiger partial charge in [0, 0.05) is 22.0 Å². The second kappa shape index (κ2) is 7.99. The van der Waals surface area contributed by atoms with Gasteiger partial charge in [0.05, 0.1) is 0 Å². The smallest absolute Gasteiger partial charge is 0.196 e. The molecule has 0 amide bonds. The summed E-state index contributed by atoms with van der Waals surface area (Å²) in [6.45, 7) is 2.09. The van der Waals surface area contributed by atoms with Gasteiger partial charge in [0.1, 0.15) is 0 Å². The largest absolute Gasteiger partial charge is 0.270 e. The van der Waals surface area contributed by atoms with E-state index < -0.39 is 0 Å². The Hall–Kier alpha value is -2.56. The van der Waals surface area contributed by atoms with Gasteiger partial charge in [-0.3, -0.25) is 4.57 Å². The quantitative estimate of drug-likeness (QED) is 0.380. The Kier molecular flexibility index (Phi) is 5.28. The zero-order valence-electron chi connectivity index (χ0n) is 14.8. The van der Waals surface area contributed by atoms with Crippen molar-refractivity contribution in [3.8, 4) is 17.1 Å². The van der Waals surface area contributed by atoms with Gasteiger partial charge in [-0.1, -0.05) is 84.0 Å². The van der Waals surface area contributed by atoms with Gasteiger partial charge in [-0.2, -0.15) is 0 Å². The summed E-state index contributed by atoms with van der Waals surface area (Å²) < 4.78 is 2.11. The number of aryl methyl sites for hydroxylation is 1. The monoisotopic (exact) mass is 391 g/mol. The van der Waals surface area contributed by atoms with Crippen LogP contribution >= 0.6 is 23.4 Å². The third-order valence-corrected chi connectivity index (χ3v) is 5.69. The molecular formula is C22H18ClN3S. The maximum atomic E-state index is 6.31. The van der Waals surface area contributed by atoms with Crippen LogP contribution in [0.1, 0.15) is 11.1 Å². The number of thioether (sulfide) groups is 1. The SMILES string of the molecule is Cc1ccccc1-c1nnc(SCc2ccccc2Cl)n1-c1ccccc1. The minimum absolute atomic E-state index is 0.735. The molecule has 4 aromatic rings. The van der Waals surface area contributed by atoms with Crippen LogP contribution in [-0.4, -0.2) is 14.8 Å². The summed E-state index contributed by atoms with van der Waals surface area (Å²) in [6, 6.07) is 26.4. The van der Waals surface area contributed by atoms with Gasteiger partial charge in [0.2, 0.25) is 0 Å². The Labute approximate surface area is 168 Å². The lowest BCUT2D eigenvalue weighted by Gasteiger charge is -2.12. The molecule has 3 nitrogen and oxygen atoms in total. The van der Waals surface area contributed by atoms with Crippen molar-refractivity contribution in [2.45, 2.75) is 17.8 Å². The molecule has 0 atom stereocenters. The molecule has 0 aliphatic carbocycles. The highest BCUT2D eigenvalue weighted by atomic mass is 35.5. The maximum Gasteiger partial charge on any atom is 0.196 e. The Morgan fingerprint density at radius 3 is 2.33 bits per heavy atom. The molecule has 1 heterocycles. The molecule has 0 spiro atoms. The van der Waals surface area contributed by atoms with Crippen molar-refractivity contribution < 1.29 is 0 Å². The molecule has 0 fully saturated rings. The van der Waals surface area contributed by atoms with Gasteiger partial charge in [-0.05, 0) is 36.2 Å². The van der Waals surface area contributed by atoms with Crippen molar-refractivity contribution in [3.05, 3.63) is 95.0 Å². The first-order chi connectivity index (χ1) is 13.2. The summed E-state index contributed by atoms with van der Waals surface area (Å²) in [5.74, 6) is 1.58. The highest BCUT2D eigenvalue weighted by molar-refractivity contribution is 7.98. The number of halogens is 1. The topological polar surface area (TPSA) is 30.7 Å². The van der Waals surface area contributed by atoms with Crippen LogP contribution in [0.15, 0.2) is 84.0 Å². The second-order valence-corrected chi connectivity index (χ2v) is 7.52. The van der Waals surface area contributed by atoms with E-state index in [0.717, 1.165) is 38.6 Å². The van der Waals surface area contributed by atoms with Crippen molar-refractivity contribution in [2.24, 2.45) is 0 Å². The zero-order chi connectivity index (χ0) is 18.6. The number of para-hydroxylation sites is 1. The summed E-state index contributed by atoms with van der Waals surface area (Å²) in [5, 5.41) is 10.6. The fourth-order valence-corrected chi connectivity index (χ4v) is 4.17. The lowest BCUT2D eigenvalue weighted by molar-refractivity contribution is 0.886. The van der Waals surface area contributed by atoms with E-state index in [1.807, 2.05) is 54.6 Å². The molecule has 3 aromatic carbocycles. The molecule has 0 unspecified atom stereocenters. The van der Waals surface area contributed by atoms with E-state index in [1.54, 1.807) is 11.8 Å². The zero-order valence-corrected chi connectivity index (χ0v) is 16.4. The van der Waals surface area contributed by atoms with Crippen molar-refractivity contribution >= 4 is 23.4 Å². The summed E-state index contributed by atoms with van der Waals surface area (Å²) in [6.07, 6.45) is 0. The first-order valence-electron chi connectivity index (χ1n) is 8.67. The fourth-order valence-electron chi connectivity index (χ4n) is 2.93. The highest BCUT2D eigenvalue weighted by Crippen LogP contribution is 2.32. The minimum atomic E-state index is 0.735. The molecule has 0 radical (unpaired) electrons. The van der Waals surface area contributed by atoms with Gasteiger partial charge in [0.25, 0.3) is 0 Å². The van der Waals surface area contributed by atoms with E-state index in [-0.39, 0.29) is 0 Å². The third-order valence-electron chi connectivity index (χ3n) is 4.35. The number of aromatic nitrogens is 3. The number of nitrogens with zero attached hydrogens (tertiary/aromatic N) is 3. The molecule has 0 saturated carbocycles. The van der Waals surface area contributed by atoms with Crippen LogP contribution in [0.4, 0.5) is 0 Å². The summed E-state index contributed by atoms with van der Waals surface area (Å²) >= 11 is 7.95. The summed E-state index contributed by atoms with van der Waals surface area (Å²) in [4.78, 5) is 0. The van der Waals surface area contributed by atoms with Crippen LogP contribution in [0.3, 0.4) is 0 Å². The maximum absolute atomic E-state index is 6.31. The van der Waals surface area contributed by atoms with E-state index in [4.69, 9.17) is 11.6 Å². The van der Waals surface area contributed by atoms with Crippen molar-refractivity contribution in [2.75, 3.05) is 0 Å². The Balaban J connectivity index is 1.76. The minimum Gasteiger partial charge on any atom is -0.270 e. The molecule has 0 aliphatic rings. The Morgan fingerprint density at radius 2 is 1.56 bits per heavy atom. The Bertz CT molecular complexity index is 1060. The lowest BCUT2D eigenvalue weighted by atomic mass is 10.1. The fraction of sp³-hybridized carbons (Fsp3) is 0.0909. The van der Waals surface area contributed by atoms with E-state index in [1.165, 1.54) is 5.56 Å². The number of hydrogen-bond donors (Lipinski definition) is 0. The van der Waals surface area contributed by atoms with E-state index >= 15 is 0 Å². The van der Waals surface area contributed by atoms with Crippen LogP contribution in [0.2, 0.25) is 5.02 Å². The standard InChI is InChI=1S/C22H18ClN3S/c1-16-9-5-7-13-19(16)21-24-25-22(26(21)18-11-3-2-4-12-18)27-15-17-10-6-8-14-20(17)23/h2-14H,15H2,1H3. The predicted molar refractivity (Wildman–Crippen MR) is 113 cm³/mol. The lowest BCUT2D eigenvalue weighted by Crippen LogP contribution is -2.00. The molecule has 4 rings (SSSR count). The van der Waals surface area contributed by atoms with Gasteiger partial charge >= 0.3 is 0 Å². The van der Waals surface area contributed by atoms with E-state index in [2.05, 4.69) is 46.0 Å². The van der Waals surface area contributed by atoms with Gasteiger partial charge in [-0.15, -0.1) is 10.2 Å².